The molecule has 5 heteroatoms. The van der Waals surface area contributed by atoms with Crippen LogP contribution in [-0.4, -0.2) is 43.2 Å². The largest absolute Gasteiger partial charge is 0.494 e. The lowest BCUT2D eigenvalue weighted by Crippen LogP contribution is -2.49. The van der Waals surface area contributed by atoms with Crippen molar-refractivity contribution in [2.45, 2.75) is 26.0 Å². The third kappa shape index (κ3) is 3.82. The Kier molecular flexibility index (Phi) is 4.96. The number of rotatable bonds is 3. The zero-order valence-corrected chi connectivity index (χ0v) is 12.5. The number of nitrogens with zero attached hydrogens (tertiary/aromatic N) is 1. The molecular weight excluding hydrogens is 273 g/mol. The normalized spacial score (nSPS) is 22.6. The molecule has 1 saturated heterocycles. The van der Waals surface area contributed by atoms with Crippen LogP contribution in [0.2, 0.25) is 0 Å². The first-order chi connectivity index (χ1) is 10.0. The zero-order valence-electron chi connectivity index (χ0n) is 12.5. The Hall–Kier alpha value is -1.88. The zero-order chi connectivity index (χ0) is 15.4. The number of carbonyl (C=O) groups is 1. The van der Waals surface area contributed by atoms with E-state index in [-0.39, 0.29) is 23.8 Å². The monoisotopic (exact) mass is 293 g/mol. The molecule has 0 spiro atoms. The second-order valence-corrected chi connectivity index (χ2v) is 5.21. The van der Waals surface area contributed by atoms with Crippen LogP contribution in [0.1, 0.15) is 19.4 Å². The lowest BCUT2D eigenvalue weighted by atomic mass is 10.1. The van der Waals surface area contributed by atoms with E-state index in [4.69, 9.17) is 9.47 Å². The molecule has 2 atom stereocenters. The molecule has 2 rings (SSSR count). The van der Waals surface area contributed by atoms with Crippen LogP contribution in [0.3, 0.4) is 0 Å². The van der Waals surface area contributed by atoms with Crippen molar-refractivity contribution in [3.63, 3.8) is 0 Å². The summed E-state index contributed by atoms with van der Waals surface area (Å²) in [5.41, 5.74) is 0.621. The Morgan fingerprint density at radius 2 is 2.24 bits per heavy atom. The smallest absolute Gasteiger partial charge is 0.246 e. The minimum atomic E-state index is -0.444. The van der Waals surface area contributed by atoms with Gasteiger partial charge in [0.15, 0.2) is 11.6 Å². The van der Waals surface area contributed by atoms with Crippen molar-refractivity contribution in [3.8, 4) is 5.75 Å². The third-order valence-electron chi connectivity index (χ3n) is 3.49. The summed E-state index contributed by atoms with van der Waals surface area (Å²) in [6, 6.07) is 4.63. The molecular formula is C16H20FNO3. The average Bonchev–Trinajstić information content (AvgIpc) is 2.47. The number of amides is 1. The quantitative estimate of drug-likeness (QED) is 0.804. The van der Waals surface area contributed by atoms with E-state index in [0.717, 1.165) is 0 Å². The standard InChI is InChI=1S/C16H20FNO3/c1-11-10-21-12(2)9-18(11)16(19)7-5-13-4-6-15(20-3)14(17)8-13/h4-8,11-12H,9-10H2,1-3H3/b7-5+. The first kappa shape index (κ1) is 15.5. The van der Waals surface area contributed by atoms with E-state index in [1.807, 2.05) is 13.8 Å². The average molecular weight is 293 g/mol. The van der Waals surface area contributed by atoms with Gasteiger partial charge in [-0.2, -0.15) is 0 Å². The fraction of sp³-hybridized carbons (Fsp3) is 0.438. The van der Waals surface area contributed by atoms with Crippen molar-refractivity contribution < 1.29 is 18.7 Å². The van der Waals surface area contributed by atoms with Gasteiger partial charge in [-0.1, -0.05) is 6.07 Å². The number of ether oxygens (including phenoxy) is 2. The number of hydrogen-bond donors (Lipinski definition) is 0. The SMILES string of the molecule is COc1ccc(/C=C/C(=O)N2CC(C)OCC2C)cc1F. The van der Waals surface area contributed by atoms with Crippen LogP contribution < -0.4 is 4.74 Å². The molecule has 1 aromatic carbocycles. The van der Waals surface area contributed by atoms with Gasteiger partial charge in [-0.15, -0.1) is 0 Å². The van der Waals surface area contributed by atoms with Crippen molar-refractivity contribution in [3.05, 3.63) is 35.7 Å². The summed E-state index contributed by atoms with van der Waals surface area (Å²) >= 11 is 0. The second-order valence-electron chi connectivity index (χ2n) is 5.21. The van der Waals surface area contributed by atoms with Gasteiger partial charge in [0.05, 0.1) is 25.9 Å². The van der Waals surface area contributed by atoms with Crippen LogP contribution in [0.5, 0.6) is 5.75 Å². The Bertz CT molecular complexity index is 544. The fourth-order valence-electron chi connectivity index (χ4n) is 2.26. The number of carbonyl (C=O) groups excluding carboxylic acids is 1. The highest BCUT2D eigenvalue weighted by Gasteiger charge is 2.25. The highest BCUT2D eigenvalue weighted by atomic mass is 19.1. The summed E-state index contributed by atoms with van der Waals surface area (Å²) < 4.78 is 23.9. The minimum absolute atomic E-state index is 0.0389. The number of morpholine rings is 1. The summed E-state index contributed by atoms with van der Waals surface area (Å²) in [6.45, 7) is 5.00. The van der Waals surface area contributed by atoms with Crippen LogP contribution in [0, 0.1) is 5.82 Å². The van der Waals surface area contributed by atoms with Crippen molar-refractivity contribution in [2.24, 2.45) is 0 Å². The van der Waals surface area contributed by atoms with Crippen LogP contribution in [-0.2, 0) is 9.53 Å². The predicted molar refractivity (Wildman–Crippen MR) is 78.6 cm³/mol. The van der Waals surface area contributed by atoms with E-state index in [1.165, 1.54) is 19.3 Å². The molecule has 0 saturated carbocycles. The van der Waals surface area contributed by atoms with Gasteiger partial charge < -0.3 is 14.4 Å². The maximum atomic E-state index is 13.6. The highest BCUT2D eigenvalue weighted by molar-refractivity contribution is 5.92. The number of halogens is 1. The van der Waals surface area contributed by atoms with Crippen molar-refractivity contribution >= 4 is 12.0 Å². The highest BCUT2D eigenvalue weighted by Crippen LogP contribution is 2.19. The first-order valence-electron chi connectivity index (χ1n) is 6.95. The van der Waals surface area contributed by atoms with E-state index in [2.05, 4.69) is 0 Å². The van der Waals surface area contributed by atoms with Gasteiger partial charge in [0.25, 0.3) is 0 Å². The maximum Gasteiger partial charge on any atom is 0.246 e. The Labute approximate surface area is 124 Å². The summed E-state index contributed by atoms with van der Waals surface area (Å²) in [5.74, 6) is -0.344. The van der Waals surface area contributed by atoms with E-state index >= 15 is 0 Å². The van der Waals surface area contributed by atoms with Crippen molar-refractivity contribution in [1.82, 2.24) is 4.90 Å². The predicted octanol–water partition coefficient (Wildman–Crippen LogP) is 2.48. The maximum absolute atomic E-state index is 13.6. The van der Waals surface area contributed by atoms with Crippen molar-refractivity contribution in [1.29, 1.82) is 0 Å². The number of benzene rings is 1. The molecule has 0 radical (unpaired) electrons. The van der Waals surface area contributed by atoms with Crippen molar-refractivity contribution in [2.75, 3.05) is 20.3 Å². The van der Waals surface area contributed by atoms with Crippen LogP contribution in [0.15, 0.2) is 24.3 Å². The Morgan fingerprint density at radius 3 is 2.90 bits per heavy atom. The van der Waals surface area contributed by atoms with E-state index in [0.29, 0.717) is 18.7 Å². The molecule has 0 bridgehead atoms. The molecule has 1 heterocycles. The van der Waals surface area contributed by atoms with Gasteiger partial charge in [0.1, 0.15) is 0 Å². The van der Waals surface area contributed by atoms with E-state index in [9.17, 15) is 9.18 Å². The second kappa shape index (κ2) is 6.72. The Morgan fingerprint density at radius 1 is 1.48 bits per heavy atom. The molecule has 1 aliphatic heterocycles. The van der Waals surface area contributed by atoms with Gasteiger partial charge in [-0.3, -0.25) is 4.79 Å². The molecule has 1 amide bonds. The molecule has 1 aromatic rings. The van der Waals surface area contributed by atoms with E-state index < -0.39 is 5.82 Å². The summed E-state index contributed by atoms with van der Waals surface area (Å²) in [5, 5.41) is 0. The molecule has 0 aliphatic carbocycles. The molecule has 0 aromatic heterocycles. The van der Waals surface area contributed by atoms with Gasteiger partial charge in [-0.05, 0) is 37.6 Å². The van der Waals surface area contributed by atoms with Crippen LogP contribution in [0.25, 0.3) is 6.08 Å². The van der Waals surface area contributed by atoms with Crippen LogP contribution in [0.4, 0.5) is 4.39 Å². The number of hydrogen-bond acceptors (Lipinski definition) is 3. The minimum Gasteiger partial charge on any atom is -0.494 e. The summed E-state index contributed by atoms with van der Waals surface area (Å²) in [4.78, 5) is 14.0. The molecule has 1 fully saturated rings. The van der Waals surface area contributed by atoms with Gasteiger partial charge in [-0.25, -0.2) is 4.39 Å². The van der Waals surface area contributed by atoms with E-state index in [1.54, 1.807) is 23.1 Å². The molecule has 1 aliphatic rings. The summed E-state index contributed by atoms with van der Waals surface area (Å²) in [7, 11) is 1.42. The molecule has 21 heavy (non-hydrogen) atoms. The Balaban J connectivity index is 2.06. The molecule has 4 nitrogen and oxygen atoms in total. The van der Waals surface area contributed by atoms with Gasteiger partial charge in [0.2, 0.25) is 5.91 Å². The van der Waals surface area contributed by atoms with Gasteiger partial charge in [0, 0.05) is 12.6 Å². The van der Waals surface area contributed by atoms with Crippen LogP contribution >= 0.6 is 0 Å². The summed E-state index contributed by atoms with van der Waals surface area (Å²) in [6.07, 6.45) is 3.12. The first-order valence-corrected chi connectivity index (χ1v) is 6.95. The molecule has 0 N–H and O–H groups in total. The van der Waals surface area contributed by atoms with Gasteiger partial charge >= 0.3 is 0 Å². The molecule has 2 unspecified atom stereocenters. The number of methoxy groups -OCH3 is 1. The fourth-order valence-corrected chi connectivity index (χ4v) is 2.26. The lowest BCUT2D eigenvalue weighted by molar-refractivity contribution is -0.137. The molecule has 114 valence electrons. The third-order valence-corrected chi connectivity index (χ3v) is 3.49. The topological polar surface area (TPSA) is 38.8 Å². The lowest BCUT2D eigenvalue weighted by Gasteiger charge is -2.36.